The predicted octanol–water partition coefficient (Wildman–Crippen LogP) is 1.91. The van der Waals surface area contributed by atoms with Gasteiger partial charge >= 0.3 is 0 Å². The van der Waals surface area contributed by atoms with Crippen LogP contribution in [-0.4, -0.2) is 29.4 Å². The van der Waals surface area contributed by atoms with Gasteiger partial charge in [-0.25, -0.2) is 0 Å². The van der Waals surface area contributed by atoms with E-state index < -0.39 is 0 Å². The van der Waals surface area contributed by atoms with E-state index in [1.165, 1.54) is 19.3 Å². The minimum Gasteiger partial charge on any atom is -0.331 e. The highest BCUT2D eigenvalue weighted by Gasteiger charge is 2.33. The molecule has 2 aliphatic rings. The molecule has 3 heteroatoms. The fourth-order valence-corrected chi connectivity index (χ4v) is 2.82. The third-order valence-electron chi connectivity index (χ3n) is 4.16. The molecule has 0 atom stereocenters. The molecule has 0 bridgehead atoms. The van der Waals surface area contributed by atoms with Gasteiger partial charge in [0.1, 0.15) is 0 Å². The van der Waals surface area contributed by atoms with Crippen LogP contribution in [0.15, 0.2) is 0 Å². The van der Waals surface area contributed by atoms with Crippen molar-refractivity contribution in [2.45, 2.75) is 56.9 Å². The molecule has 2 aliphatic carbocycles. The highest BCUT2D eigenvalue weighted by atomic mass is 16.2. The highest BCUT2D eigenvalue weighted by Crippen LogP contribution is 2.32. The minimum atomic E-state index is -0.272. The van der Waals surface area contributed by atoms with Crippen LogP contribution in [0, 0.1) is 18.3 Å². The minimum absolute atomic E-state index is 0.157. The Bertz CT molecular complexity index is 335. The molecule has 0 aliphatic heterocycles. The molecule has 0 saturated heterocycles. The average molecular weight is 248 g/mol. The first kappa shape index (κ1) is 13.4. The lowest BCUT2D eigenvalue weighted by molar-refractivity contribution is -0.132. The number of amides is 1. The van der Waals surface area contributed by atoms with E-state index in [9.17, 15) is 4.79 Å². The Morgan fingerprint density at radius 3 is 2.56 bits per heavy atom. The number of rotatable bonds is 5. The van der Waals surface area contributed by atoms with E-state index in [1.54, 1.807) is 0 Å². The molecule has 2 rings (SSSR count). The summed E-state index contributed by atoms with van der Waals surface area (Å²) in [4.78, 5) is 14.2. The van der Waals surface area contributed by atoms with Gasteiger partial charge in [-0.3, -0.25) is 4.79 Å². The Labute approximate surface area is 110 Å². The molecule has 0 radical (unpaired) electrons. The van der Waals surface area contributed by atoms with Crippen molar-refractivity contribution in [3.8, 4) is 12.3 Å². The number of terminal acetylenes is 1. The number of hydrogen-bond donors (Lipinski definition) is 1. The number of nitrogens with two attached hydrogens (primary N) is 1. The van der Waals surface area contributed by atoms with Crippen LogP contribution in [0.1, 0.15) is 51.4 Å². The topological polar surface area (TPSA) is 46.3 Å². The number of nitrogens with zero attached hydrogens (tertiary/aromatic N) is 1. The van der Waals surface area contributed by atoms with E-state index in [2.05, 4.69) is 5.92 Å². The Morgan fingerprint density at radius 1 is 1.33 bits per heavy atom. The Kier molecular flexibility index (Phi) is 4.29. The predicted molar refractivity (Wildman–Crippen MR) is 72.8 cm³/mol. The first-order valence-electron chi connectivity index (χ1n) is 7.13. The Morgan fingerprint density at radius 2 is 2.00 bits per heavy atom. The van der Waals surface area contributed by atoms with E-state index in [4.69, 9.17) is 12.2 Å². The molecular weight excluding hydrogens is 224 g/mol. The molecule has 0 aromatic heterocycles. The first-order chi connectivity index (χ1) is 8.63. The summed E-state index contributed by atoms with van der Waals surface area (Å²) in [5, 5.41) is 0. The summed E-state index contributed by atoms with van der Waals surface area (Å²) < 4.78 is 0. The van der Waals surface area contributed by atoms with Gasteiger partial charge in [-0.05, 0) is 31.6 Å². The van der Waals surface area contributed by atoms with Crippen LogP contribution in [0.4, 0.5) is 0 Å². The van der Waals surface area contributed by atoms with Crippen LogP contribution in [0.5, 0.6) is 0 Å². The molecule has 0 unspecified atom stereocenters. The summed E-state index contributed by atoms with van der Waals surface area (Å²) in [7, 11) is 0. The van der Waals surface area contributed by atoms with E-state index in [-0.39, 0.29) is 11.4 Å². The SMILES string of the molecule is C#CCN(CC1CC1)C(=O)CC1(N)CCCCC1. The van der Waals surface area contributed by atoms with Gasteiger partial charge in [-0.15, -0.1) is 6.42 Å². The maximum atomic E-state index is 12.3. The quantitative estimate of drug-likeness (QED) is 0.755. The van der Waals surface area contributed by atoms with Crippen molar-refractivity contribution in [1.29, 1.82) is 0 Å². The van der Waals surface area contributed by atoms with Crippen molar-refractivity contribution in [3.05, 3.63) is 0 Å². The van der Waals surface area contributed by atoms with Crippen LogP contribution < -0.4 is 5.73 Å². The molecule has 2 fully saturated rings. The fourth-order valence-electron chi connectivity index (χ4n) is 2.82. The van der Waals surface area contributed by atoms with Gasteiger partial charge in [0, 0.05) is 18.5 Å². The zero-order chi connectivity index (χ0) is 13.0. The Hall–Kier alpha value is -1.01. The molecule has 2 N–H and O–H groups in total. The van der Waals surface area contributed by atoms with Gasteiger partial charge in [0.25, 0.3) is 0 Å². The van der Waals surface area contributed by atoms with Crippen LogP contribution in [0.3, 0.4) is 0 Å². The summed E-state index contributed by atoms with van der Waals surface area (Å²) >= 11 is 0. The summed E-state index contributed by atoms with van der Waals surface area (Å²) in [5.41, 5.74) is 6.07. The maximum Gasteiger partial charge on any atom is 0.225 e. The molecule has 1 amide bonds. The molecule has 18 heavy (non-hydrogen) atoms. The molecule has 0 aromatic rings. The maximum absolute atomic E-state index is 12.3. The van der Waals surface area contributed by atoms with Crippen molar-refractivity contribution in [1.82, 2.24) is 4.90 Å². The van der Waals surface area contributed by atoms with Gasteiger partial charge in [0.2, 0.25) is 5.91 Å². The van der Waals surface area contributed by atoms with Crippen LogP contribution >= 0.6 is 0 Å². The lowest BCUT2D eigenvalue weighted by atomic mass is 9.80. The van der Waals surface area contributed by atoms with E-state index in [0.29, 0.717) is 18.9 Å². The fraction of sp³-hybridized carbons (Fsp3) is 0.800. The van der Waals surface area contributed by atoms with Crippen molar-refractivity contribution in [2.75, 3.05) is 13.1 Å². The van der Waals surface area contributed by atoms with Crippen LogP contribution in [-0.2, 0) is 4.79 Å². The van der Waals surface area contributed by atoms with Crippen LogP contribution in [0.25, 0.3) is 0 Å². The number of carbonyl (C=O) groups is 1. The summed E-state index contributed by atoms with van der Waals surface area (Å²) in [5.74, 6) is 3.44. The molecule has 100 valence electrons. The van der Waals surface area contributed by atoms with Gasteiger partial charge in [-0.2, -0.15) is 0 Å². The van der Waals surface area contributed by atoms with E-state index >= 15 is 0 Å². The second-order valence-corrected chi connectivity index (χ2v) is 6.02. The summed E-state index contributed by atoms with van der Waals surface area (Å²) in [6, 6.07) is 0. The monoisotopic (exact) mass is 248 g/mol. The van der Waals surface area contributed by atoms with Crippen molar-refractivity contribution >= 4 is 5.91 Å². The lowest BCUT2D eigenvalue weighted by Crippen LogP contribution is -2.47. The zero-order valence-corrected chi connectivity index (χ0v) is 11.2. The average Bonchev–Trinajstić information content (AvgIpc) is 3.13. The van der Waals surface area contributed by atoms with Crippen LogP contribution in [0.2, 0.25) is 0 Å². The second kappa shape index (κ2) is 5.75. The molecule has 0 aromatic carbocycles. The van der Waals surface area contributed by atoms with Gasteiger partial charge in [0.05, 0.1) is 6.54 Å². The van der Waals surface area contributed by atoms with Gasteiger partial charge in [0.15, 0.2) is 0 Å². The largest absolute Gasteiger partial charge is 0.331 e. The number of hydrogen-bond acceptors (Lipinski definition) is 2. The zero-order valence-electron chi connectivity index (χ0n) is 11.2. The smallest absolute Gasteiger partial charge is 0.225 e. The van der Waals surface area contributed by atoms with Crippen molar-refractivity contribution < 1.29 is 4.79 Å². The summed E-state index contributed by atoms with van der Waals surface area (Å²) in [6.07, 6.45) is 13.8. The molecular formula is C15H24N2O. The molecule has 0 spiro atoms. The van der Waals surface area contributed by atoms with E-state index in [0.717, 1.165) is 32.2 Å². The van der Waals surface area contributed by atoms with Crippen molar-refractivity contribution in [3.63, 3.8) is 0 Å². The molecule has 2 saturated carbocycles. The first-order valence-corrected chi connectivity index (χ1v) is 7.13. The molecule has 0 heterocycles. The van der Waals surface area contributed by atoms with Crippen molar-refractivity contribution in [2.24, 2.45) is 11.7 Å². The van der Waals surface area contributed by atoms with E-state index in [1.807, 2.05) is 4.90 Å². The standard InChI is InChI=1S/C15H24N2O/c1-2-10-17(12-13-6-7-13)14(18)11-15(16)8-4-3-5-9-15/h1,13H,3-12,16H2. The highest BCUT2D eigenvalue weighted by molar-refractivity contribution is 5.77. The normalized spacial score (nSPS) is 22.2. The second-order valence-electron chi connectivity index (χ2n) is 6.02. The Balaban J connectivity index is 1.88. The summed E-state index contributed by atoms with van der Waals surface area (Å²) in [6.45, 7) is 1.27. The van der Waals surface area contributed by atoms with Gasteiger partial charge < -0.3 is 10.6 Å². The third kappa shape index (κ3) is 3.74. The number of carbonyl (C=O) groups excluding carboxylic acids is 1. The lowest BCUT2D eigenvalue weighted by Gasteiger charge is -2.34. The third-order valence-corrected chi connectivity index (χ3v) is 4.16. The molecule has 3 nitrogen and oxygen atoms in total. The van der Waals surface area contributed by atoms with Gasteiger partial charge in [-0.1, -0.05) is 25.2 Å².